The summed E-state index contributed by atoms with van der Waals surface area (Å²) in [6.07, 6.45) is 0. The predicted octanol–water partition coefficient (Wildman–Crippen LogP) is 1.48. The molecule has 0 aromatic rings. The molecule has 0 saturated carbocycles. The van der Waals surface area contributed by atoms with Gasteiger partial charge in [0.2, 0.25) is 0 Å². The van der Waals surface area contributed by atoms with E-state index < -0.39 is 0 Å². The minimum absolute atomic E-state index is 0.102. The molecule has 3 heteroatoms. The zero-order valence-electron chi connectivity index (χ0n) is 2.44. The van der Waals surface area contributed by atoms with Crippen molar-refractivity contribution in [3.8, 4) is 5.63 Å². The maximum atomic E-state index is 9.31. The van der Waals surface area contributed by atoms with E-state index in [0.717, 1.165) is 0 Å². The van der Waals surface area contributed by atoms with Crippen molar-refractivity contribution < 1.29 is 4.57 Å². The van der Waals surface area contributed by atoms with Gasteiger partial charge in [0.1, 0.15) is 0 Å². The molecule has 0 aromatic carbocycles. The van der Waals surface area contributed by atoms with Gasteiger partial charge < -0.3 is 0 Å². The molecular weight excluding hydrogens is 106 g/mol. The Balaban J connectivity index is 3.17. The Labute approximate surface area is 36.4 Å². The number of rotatable bonds is 0. The quantitative estimate of drug-likeness (QED) is 0.339. The predicted molar refractivity (Wildman–Crippen MR) is 22.2 cm³/mol. The molecule has 0 unspecified atom stereocenters. The third kappa shape index (κ3) is 4.30. The van der Waals surface area contributed by atoms with Crippen LogP contribution in [0.15, 0.2) is 0 Å². The second kappa shape index (κ2) is 4.30. The monoisotopic (exact) mass is 108 g/mol. The average Bonchev–Trinajstić information content (AvgIpc) is 1.41. The van der Waals surface area contributed by atoms with Crippen LogP contribution >= 0.6 is 19.5 Å². The Morgan fingerprint density at radius 2 is 2.60 bits per heavy atom. The van der Waals surface area contributed by atoms with E-state index in [2.05, 4.69) is 5.63 Å². The van der Waals surface area contributed by atoms with Gasteiger partial charge >= 0.3 is 35.6 Å². The maximum absolute atomic E-state index is 9.31. The summed E-state index contributed by atoms with van der Waals surface area (Å²) in [5.74, 6) is 0.241. The normalized spacial score (nSPS) is 5.80. The molecule has 28 valence electrons. The molecule has 0 amide bonds. The third-order valence-electron chi connectivity index (χ3n) is 0.124. The summed E-state index contributed by atoms with van der Waals surface area (Å²) in [4.78, 5) is 0. The Morgan fingerprint density at radius 1 is 2.00 bits per heavy atom. The van der Waals surface area contributed by atoms with Gasteiger partial charge in [-0.2, -0.15) is 0 Å². The summed E-state index contributed by atoms with van der Waals surface area (Å²) in [6.45, 7) is 0. The molecule has 0 N–H and O–H groups in total. The van der Waals surface area contributed by atoms with Crippen molar-refractivity contribution in [1.29, 1.82) is 0 Å². The molecule has 0 radical (unpaired) electrons. The Bertz CT molecular complexity index is 91.2. The second-order valence-corrected chi connectivity index (χ2v) is 1.15. The van der Waals surface area contributed by atoms with E-state index >= 15 is 0 Å². The first-order valence-electron chi connectivity index (χ1n) is 1.03. The summed E-state index contributed by atoms with van der Waals surface area (Å²) in [5, 5.41) is 0. The van der Waals surface area contributed by atoms with E-state index in [1.165, 1.54) is 0 Å². The molecule has 5 heavy (non-hydrogen) atoms. The molecule has 0 aliphatic rings. The molecule has 0 spiro atoms. The first-order chi connectivity index (χ1) is 2.41. The van der Waals surface area contributed by atoms with Crippen LogP contribution < -0.4 is 0 Å². The summed E-state index contributed by atoms with van der Waals surface area (Å²) in [6, 6.07) is 0. The molecule has 0 fully saturated rings. The van der Waals surface area contributed by atoms with Gasteiger partial charge in [0.05, 0.1) is 0 Å². The summed E-state index contributed by atoms with van der Waals surface area (Å²) in [7, 11) is -0.102. The summed E-state index contributed by atoms with van der Waals surface area (Å²) >= 11 is 4.98. The Kier molecular flexibility index (Phi) is 4.56. The number of alkyl halides is 1. The van der Waals surface area contributed by atoms with Crippen molar-refractivity contribution in [2.75, 3.05) is 5.88 Å². The van der Waals surface area contributed by atoms with E-state index in [4.69, 9.17) is 11.6 Å². The van der Waals surface area contributed by atoms with Crippen LogP contribution in [0.4, 0.5) is 0 Å². The van der Waals surface area contributed by atoms with Crippen LogP contribution in [0.3, 0.4) is 0 Å². The first kappa shape index (κ1) is 5.30. The van der Waals surface area contributed by atoms with Gasteiger partial charge in [-0.05, 0) is 0 Å². The topological polar surface area (TPSA) is 17.1 Å². The zero-order valence-corrected chi connectivity index (χ0v) is 4.09. The van der Waals surface area contributed by atoms with Crippen LogP contribution in [0.2, 0.25) is 0 Å². The third-order valence-corrected chi connectivity index (χ3v) is 0.732. The van der Waals surface area contributed by atoms with Crippen molar-refractivity contribution in [3.05, 3.63) is 0 Å². The molecule has 0 rings (SSSR count). The molecule has 0 aliphatic heterocycles. The SMILES string of the molecule is O=P#CCCl. The summed E-state index contributed by atoms with van der Waals surface area (Å²) in [5.41, 5.74) is 2.29. The molecule has 0 saturated heterocycles. The van der Waals surface area contributed by atoms with E-state index in [1.807, 2.05) is 0 Å². The van der Waals surface area contributed by atoms with Gasteiger partial charge in [-0.3, -0.25) is 0 Å². The van der Waals surface area contributed by atoms with Crippen LogP contribution in [0, 0.1) is 5.63 Å². The van der Waals surface area contributed by atoms with Gasteiger partial charge in [0.15, 0.2) is 0 Å². The summed E-state index contributed by atoms with van der Waals surface area (Å²) < 4.78 is 9.31. The van der Waals surface area contributed by atoms with E-state index in [9.17, 15) is 4.57 Å². The minimum atomic E-state index is -0.102. The average molecular weight is 108 g/mol. The number of hydrogen-bond acceptors (Lipinski definition) is 1. The number of halogens is 1. The van der Waals surface area contributed by atoms with E-state index in [-0.39, 0.29) is 13.8 Å². The van der Waals surface area contributed by atoms with Gasteiger partial charge in [0, 0.05) is 0 Å². The van der Waals surface area contributed by atoms with Crippen molar-refractivity contribution in [2.24, 2.45) is 0 Å². The van der Waals surface area contributed by atoms with Crippen LogP contribution in [-0.2, 0) is 4.57 Å². The van der Waals surface area contributed by atoms with Crippen LogP contribution in [0.25, 0.3) is 0 Å². The van der Waals surface area contributed by atoms with E-state index in [0.29, 0.717) is 0 Å². The van der Waals surface area contributed by atoms with Crippen molar-refractivity contribution in [1.82, 2.24) is 0 Å². The fourth-order valence-electron chi connectivity index (χ4n) is 0.0244. The van der Waals surface area contributed by atoms with Crippen LogP contribution in [-0.4, -0.2) is 5.88 Å². The molecular formula is C2H2ClOP. The molecule has 0 aliphatic carbocycles. The van der Waals surface area contributed by atoms with Gasteiger partial charge in [-0.15, -0.1) is 0 Å². The molecule has 0 bridgehead atoms. The van der Waals surface area contributed by atoms with Crippen molar-refractivity contribution >= 4 is 19.5 Å². The fraction of sp³-hybridized carbons (Fsp3) is 0.500. The number of hydrogen-bond donors (Lipinski definition) is 0. The second-order valence-electron chi connectivity index (χ2n) is 0.383. The molecule has 0 atom stereocenters. The van der Waals surface area contributed by atoms with Gasteiger partial charge in [0.25, 0.3) is 0 Å². The standard InChI is InChI=1S/C2H2ClOP/c3-1-2-5-4/h1H2. The van der Waals surface area contributed by atoms with Crippen LogP contribution in [0.5, 0.6) is 0 Å². The zero-order chi connectivity index (χ0) is 4.12. The molecule has 0 heterocycles. The molecule has 1 nitrogen and oxygen atoms in total. The van der Waals surface area contributed by atoms with Crippen LogP contribution in [0.1, 0.15) is 0 Å². The van der Waals surface area contributed by atoms with Crippen molar-refractivity contribution in [2.45, 2.75) is 0 Å². The molecule has 0 aromatic heterocycles. The van der Waals surface area contributed by atoms with Gasteiger partial charge in [-0.25, -0.2) is 0 Å². The Hall–Kier alpha value is 0.300. The van der Waals surface area contributed by atoms with E-state index in [1.54, 1.807) is 0 Å². The Morgan fingerprint density at radius 3 is 2.60 bits per heavy atom. The van der Waals surface area contributed by atoms with Gasteiger partial charge in [-0.1, -0.05) is 0 Å². The first-order valence-corrected chi connectivity index (χ1v) is 2.37. The van der Waals surface area contributed by atoms with Crippen molar-refractivity contribution in [3.63, 3.8) is 0 Å². The fourth-order valence-corrected chi connectivity index (χ4v) is 0.220.